The monoisotopic (exact) mass is 491 g/mol. The molecule has 0 radical (unpaired) electrons. The molecule has 2 aliphatic heterocycles. The maximum absolute atomic E-state index is 14.1. The van der Waals surface area contributed by atoms with E-state index in [-0.39, 0.29) is 35.5 Å². The van der Waals surface area contributed by atoms with Crippen LogP contribution in [0.25, 0.3) is 17.0 Å². The van der Waals surface area contributed by atoms with E-state index in [1.54, 1.807) is 24.3 Å². The second-order valence-electron chi connectivity index (χ2n) is 9.02. The van der Waals surface area contributed by atoms with Gasteiger partial charge in [-0.1, -0.05) is 36.4 Å². The third-order valence-electron chi connectivity index (χ3n) is 6.69. The molecule has 1 atom stereocenters. The lowest BCUT2D eigenvalue weighted by Gasteiger charge is -2.33. The minimum Gasteiger partial charge on any atom is -0.338 e. The molecule has 1 aromatic heterocycles. The molecule has 35 heavy (non-hydrogen) atoms. The number of piperidine rings is 1. The van der Waals surface area contributed by atoms with Crippen LogP contribution in [0.1, 0.15) is 37.3 Å². The molecule has 5 rings (SSSR count). The van der Waals surface area contributed by atoms with E-state index < -0.39 is 17.0 Å². The molecule has 6 nitrogen and oxygen atoms in total. The van der Waals surface area contributed by atoms with Gasteiger partial charge in [0.2, 0.25) is 5.91 Å². The van der Waals surface area contributed by atoms with Crippen molar-refractivity contribution in [2.45, 2.75) is 45.3 Å². The number of hydrogen-bond acceptors (Lipinski definition) is 4. The van der Waals surface area contributed by atoms with Crippen LogP contribution < -0.4 is 0 Å². The van der Waals surface area contributed by atoms with Gasteiger partial charge >= 0.3 is 0 Å². The summed E-state index contributed by atoms with van der Waals surface area (Å²) in [5.41, 5.74) is 1.94. The van der Waals surface area contributed by atoms with Gasteiger partial charge in [0.1, 0.15) is 12.4 Å². The average molecular weight is 492 g/mol. The molecule has 0 N–H and O–H groups in total. The normalized spacial score (nSPS) is 19.8. The number of amides is 3. The highest BCUT2D eigenvalue weighted by Crippen LogP contribution is 2.35. The zero-order valence-electron chi connectivity index (χ0n) is 19.4. The highest BCUT2D eigenvalue weighted by atomic mass is 32.2. The Morgan fingerprint density at radius 2 is 1.89 bits per heavy atom. The number of thioether (sulfide) groups is 1. The zero-order chi connectivity index (χ0) is 24.5. The van der Waals surface area contributed by atoms with E-state index in [0.717, 1.165) is 58.9 Å². The molecular weight excluding hydrogens is 465 g/mol. The Kier molecular flexibility index (Phi) is 6.47. The number of para-hydroxylation sites is 1. The van der Waals surface area contributed by atoms with Gasteiger partial charge in [0.15, 0.2) is 0 Å². The van der Waals surface area contributed by atoms with Gasteiger partial charge in [-0.25, -0.2) is 4.39 Å². The van der Waals surface area contributed by atoms with E-state index in [0.29, 0.717) is 0 Å². The highest BCUT2D eigenvalue weighted by molar-refractivity contribution is 8.18. The number of aromatic nitrogens is 1. The quantitative estimate of drug-likeness (QED) is 0.447. The van der Waals surface area contributed by atoms with Gasteiger partial charge in [0, 0.05) is 40.8 Å². The van der Waals surface area contributed by atoms with Crippen molar-refractivity contribution in [2.24, 2.45) is 0 Å². The Morgan fingerprint density at radius 1 is 1.11 bits per heavy atom. The summed E-state index contributed by atoms with van der Waals surface area (Å²) in [6, 6.07) is 14.1. The number of likely N-dealkylation sites (tertiary alicyclic amines) is 1. The van der Waals surface area contributed by atoms with E-state index in [1.807, 2.05) is 39.9 Å². The third kappa shape index (κ3) is 4.62. The molecule has 3 aromatic rings. The number of imide groups is 1. The number of halogens is 1. The SMILES string of the molecule is C[C@@H]1CCCCN1C(=O)Cn1cc(/C=C2\SC(=O)N(Cc3ccccc3F)C2=O)c2ccccc21. The van der Waals surface area contributed by atoms with Crippen molar-refractivity contribution in [1.29, 1.82) is 0 Å². The lowest BCUT2D eigenvalue weighted by Crippen LogP contribution is -2.43. The standard InChI is InChI=1S/C27H26FN3O3S/c1-18-8-6-7-13-30(18)25(32)17-29-15-20(21-10-3-5-12-23(21)29)14-24-26(33)31(27(34)35-24)16-19-9-2-4-11-22(19)28/h2-5,9-12,14-15,18H,6-8,13,16-17H2,1H3/b24-14-/t18-/m1/s1. The van der Waals surface area contributed by atoms with Crippen molar-refractivity contribution in [3.8, 4) is 0 Å². The molecule has 8 heteroatoms. The largest absolute Gasteiger partial charge is 0.338 e. The minimum atomic E-state index is -0.453. The first kappa shape index (κ1) is 23.4. The Balaban J connectivity index is 1.42. The van der Waals surface area contributed by atoms with Crippen molar-refractivity contribution < 1.29 is 18.8 Å². The lowest BCUT2D eigenvalue weighted by molar-refractivity contribution is -0.135. The highest BCUT2D eigenvalue weighted by Gasteiger charge is 2.35. The number of carbonyl (C=O) groups is 3. The summed E-state index contributed by atoms with van der Waals surface area (Å²) in [7, 11) is 0. The fourth-order valence-corrected chi connectivity index (χ4v) is 5.63. The van der Waals surface area contributed by atoms with Gasteiger partial charge in [0.25, 0.3) is 11.1 Å². The fourth-order valence-electron chi connectivity index (χ4n) is 4.80. The summed E-state index contributed by atoms with van der Waals surface area (Å²) >= 11 is 0.848. The third-order valence-corrected chi connectivity index (χ3v) is 7.60. The van der Waals surface area contributed by atoms with Crippen molar-refractivity contribution in [3.63, 3.8) is 0 Å². The Hall–Kier alpha value is -3.39. The van der Waals surface area contributed by atoms with Gasteiger partial charge in [-0.2, -0.15) is 0 Å². The molecule has 0 saturated carbocycles. The van der Waals surface area contributed by atoms with Crippen molar-refractivity contribution >= 4 is 45.8 Å². The summed E-state index contributed by atoms with van der Waals surface area (Å²) in [4.78, 5) is 42.0. The van der Waals surface area contributed by atoms with Crippen molar-refractivity contribution in [3.05, 3.63) is 76.6 Å². The number of nitrogens with zero attached hydrogens (tertiary/aromatic N) is 3. The summed E-state index contributed by atoms with van der Waals surface area (Å²) < 4.78 is 16.0. The van der Waals surface area contributed by atoms with Crippen LogP contribution in [-0.4, -0.2) is 44.0 Å². The topological polar surface area (TPSA) is 62.6 Å². The number of benzene rings is 2. The molecule has 0 unspecified atom stereocenters. The number of hydrogen-bond donors (Lipinski definition) is 0. The van der Waals surface area contributed by atoms with Gasteiger partial charge in [-0.3, -0.25) is 19.3 Å². The molecule has 2 saturated heterocycles. The van der Waals surface area contributed by atoms with Crippen LogP contribution in [-0.2, 0) is 22.7 Å². The summed E-state index contributed by atoms with van der Waals surface area (Å²) in [5.74, 6) is -0.820. The molecule has 3 heterocycles. The first-order valence-corrected chi connectivity index (χ1v) is 12.6. The van der Waals surface area contributed by atoms with E-state index in [2.05, 4.69) is 6.92 Å². The summed E-state index contributed by atoms with van der Waals surface area (Å²) in [6.45, 7) is 2.97. The number of rotatable bonds is 5. The molecule has 2 aliphatic rings. The van der Waals surface area contributed by atoms with Crippen LogP contribution in [0.5, 0.6) is 0 Å². The Labute approximate surface area is 207 Å². The Morgan fingerprint density at radius 3 is 2.69 bits per heavy atom. The zero-order valence-corrected chi connectivity index (χ0v) is 20.3. The van der Waals surface area contributed by atoms with Crippen LogP contribution in [0.2, 0.25) is 0 Å². The molecule has 0 bridgehead atoms. The van der Waals surface area contributed by atoms with E-state index >= 15 is 0 Å². The van der Waals surface area contributed by atoms with Crippen LogP contribution in [0.4, 0.5) is 9.18 Å². The molecule has 3 amide bonds. The predicted octanol–water partition coefficient (Wildman–Crippen LogP) is 5.42. The molecular formula is C27H26FN3O3S. The summed E-state index contributed by atoms with van der Waals surface area (Å²) in [6.07, 6.45) is 6.75. The number of carbonyl (C=O) groups excluding carboxylic acids is 3. The molecule has 2 fully saturated rings. The maximum Gasteiger partial charge on any atom is 0.293 e. The number of fused-ring (bicyclic) bond motifs is 1. The van der Waals surface area contributed by atoms with Crippen LogP contribution in [0, 0.1) is 5.82 Å². The van der Waals surface area contributed by atoms with Crippen LogP contribution in [0.3, 0.4) is 0 Å². The first-order chi connectivity index (χ1) is 16.9. The van der Waals surface area contributed by atoms with Gasteiger partial charge in [-0.15, -0.1) is 0 Å². The van der Waals surface area contributed by atoms with Crippen molar-refractivity contribution in [1.82, 2.24) is 14.4 Å². The van der Waals surface area contributed by atoms with Gasteiger partial charge < -0.3 is 9.47 Å². The lowest BCUT2D eigenvalue weighted by atomic mass is 10.0. The van der Waals surface area contributed by atoms with Crippen LogP contribution >= 0.6 is 11.8 Å². The van der Waals surface area contributed by atoms with Crippen LogP contribution in [0.15, 0.2) is 59.6 Å². The summed E-state index contributed by atoms with van der Waals surface area (Å²) in [5, 5.41) is 0.468. The maximum atomic E-state index is 14.1. The predicted molar refractivity (Wildman–Crippen MR) is 135 cm³/mol. The molecule has 0 aliphatic carbocycles. The van der Waals surface area contributed by atoms with Gasteiger partial charge in [0.05, 0.1) is 11.4 Å². The minimum absolute atomic E-state index is 0.0784. The van der Waals surface area contributed by atoms with E-state index in [9.17, 15) is 18.8 Å². The van der Waals surface area contributed by atoms with Gasteiger partial charge in [-0.05, 0) is 56.2 Å². The first-order valence-electron chi connectivity index (χ1n) is 11.8. The second kappa shape index (κ2) is 9.70. The second-order valence-corrected chi connectivity index (χ2v) is 10.0. The fraction of sp³-hybridized carbons (Fsp3) is 0.296. The van der Waals surface area contributed by atoms with E-state index in [1.165, 1.54) is 6.07 Å². The molecule has 2 aromatic carbocycles. The smallest absolute Gasteiger partial charge is 0.293 e. The van der Waals surface area contributed by atoms with Crippen molar-refractivity contribution in [2.75, 3.05) is 6.54 Å². The van der Waals surface area contributed by atoms with E-state index in [4.69, 9.17) is 0 Å². The molecule has 0 spiro atoms. The molecule has 180 valence electrons. The average Bonchev–Trinajstić information content (AvgIpc) is 3.32. The Bertz CT molecular complexity index is 1350.